The van der Waals surface area contributed by atoms with Gasteiger partial charge >= 0.3 is 0 Å². The number of ether oxygens (including phenoxy) is 1. The molecule has 0 amide bonds. The topological polar surface area (TPSA) is 21.3 Å². The molecule has 90 valence electrons. The normalized spacial score (nSPS) is 12.7. The van der Waals surface area contributed by atoms with E-state index in [9.17, 15) is 0 Å². The van der Waals surface area contributed by atoms with Gasteiger partial charge in [-0.15, -0.1) is 11.8 Å². The van der Waals surface area contributed by atoms with Crippen LogP contribution in [0, 0.1) is 0 Å². The monoisotopic (exact) mass is 239 g/mol. The Kier molecular flexibility index (Phi) is 6.53. The van der Waals surface area contributed by atoms with Crippen molar-refractivity contribution in [3.63, 3.8) is 0 Å². The minimum absolute atomic E-state index is 0.504. The van der Waals surface area contributed by atoms with Crippen molar-refractivity contribution in [2.75, 3.05) is 20.3 Å². The first-order valence-electron chi connectivity index (χ1n) is 5.71. The van der Waals surface area contributed by atoms with Crippen molar-refractivity contribution in [3.05, 3.63) is 29.8 Å². The Morgan fingerprint density at radius 3 is 2.56 bits per heavy atom. The van der Waals surface area contributed by atoms with Crippen LogP contribution >= 0.6 is 11.8 Å². The highest BCUT2D eigenvalue weighted by Gasteiger charge is 2.03. The van der Waals surface area contributed by atoms with Crippen LogP contribution in [-0.2, 0) is 11.3 Å². The molecule has 0 aromatic heterocycles. The summed E-state index contributed by atoms with van der Waals surface area (Å²) in [4.78, 5) is 1.31. The number of hydrogen-bond donors (Lipinski definition) is 1. The number of nitrogens with one attached hydrogen (secondary N) is 1. The Hall–Kier alpha value is -0.510. The summed E-state index contributed by atoms with van der Waals surface area (Å²) in [5.41, 5.74) is 1.34. The highest BCUT2D eigenvalue weighted by atomic mass is 32.2. The summed E-state index contributed by atoms with van der Waals surface area (Å²) in [6, 6.07) is 8.74. The summed E-state index contributed by atoms with van der Waals surface area (Å²) in [5.74, 6) is 0. The molecule has 2 nitrogen and oxygen atoms in total. The Morgan fingerprint density at radius 2 is 2.00 bits per heavy atom. The van der Waals surface area contributed by atoms with E-state index < -0.39 is 0 Å². The molecule has 1 aromatic rings. The smallest absolute Gasteiger partial charge is 0.0582 e. The first-order valence-corrected chi connectivity index (χ1v) is 6.59. The van der Waals surface area contributed by atoms with E-state index in [1.54, 1.807) is 7.11 Å². The second-order valence-electron chi connectivity index (χ2n) is 3.81. The van der Waals surface area contributed by atoms with Crippen LogP contribution in [-0.4, -0.2) is 25.5 Å². The maximum atomic E-state index is 5.12. The fourth-order valence-electron chi connectivity index (χ4n) is 1.46. The lowest BCUT2D eigenvalue weighted by Crippen LogP contribution is -2.11. The molecule has 1 atom stereocenters. The van der Waals surface area contributed by atoms with Crippen molar-refractivity contribution < 1.29 is 4.74 Å². The van der Waals surface area contributed by atoms with E-state index in [2.05, 4.69) is 43.4 Å². The minimum Gasteiger partial charge on any atom is -0.384 e. The predicted octanol–water partition coefficient (Wildman–Crippen LogP) is 2.92. The van der Waals surface area contributed by atoms with Gasteiger partial charge in [0.15, 0.2) is 0 Å². The molecule has 1 unspecified atom stereocenters. The molecular weight excluding hydrogens is 218 g/mol. The third-order valence-electron chi connectivity index (χ3n) is 2.24. The zero-order chi connectivity index (χ0) is 11.8. The molecule has 1 rings (SSSR count). The van der Waals surface area contributed by atoms with Crippen LogP contribution in [0.3, 0.4) is 0 Å². The summed E-state index contributed by atoms with van der Waals surface area (Å²) < 4.78 is 5.12. The fraction of sp³-hybridized carbons (Fsp3) is 0.538. The third-order valence-corrected chi connectivity index (χ3v) is 3.32. The lowest BCUT2D eigenvalue weighted by atomic mass is 10.2. The van der Waals surface area contributed by atoms with E-state index in [0.717, 1.165) is 19.7 Å². The number of thioether (sulfide) groups is 1. The highest BCUT2D eigenvalue weighted by molar-refractivity contribution is 8.00. The average molecular weight is 239 g/mol. The van der Waals surface area contributed by atoms with Gasteiger partial charge in [0.1, 0.15) is 0 Å². The number of rotatable bonds is 7. The van der Waals surface area contributed by atoms with Gasteiger partial charge in [0.2, 0.25) is 0 Å². The number of hydrogen-bond acceptors (Lipinski definition) is 3. The molecule has 0 saturated heterocycles. The van der Waals surface area contributed by atoms with Crippen LogP contribution < -0.4 is 5.32 Å². The molecule has 0 radical (unpaired) electrons. The Morgan fingerprint density at radius 1 is 1.31 bits per heavy atom. The van der Waals surface area contributed by atoms with Gasteiger partial charge in [-0.1, -0.05) is 26.0 Å². The van der Waals surface area contributed by atoms with Gasteiger partial charge in [-0.25, -0.2) is 0 Å². The number of methoxy groups -OCH3 is 1. The Labute approximate surface area is 103 Å². The molecule has 0 heterocycles. The van der Waals surface area contributed by atoms with Crippen LogP contribution in [0.2, 0.25) is 0 Å². The van der Waals surface area contributed by atoms with Crippen molar-refractivity contribution in [3.8, 4) is 0 Å². The van der Waals surface area contributed by atoms with E-state index in [0.29, 0.717) is 5.25 Å². The van der Waals surface area contributed by atoms with Crippen LogP contribution in [0.15, 0.2) is 29.2 Å². The largest absolute Gasteiger partial charge is 0.384 e. The standard InChI is InChI=1S/C13H21NOS/c1-4-14-9-12-5-7-13(8-6-12)16-11(2)10-15-3/h5-8,11,14H,4,9-10H2,1-3H3. The zero-order valence-electron chi connectivity index (χ0n) is 10.3. The van der Waals surface area contributed by atoms with Crippen LogP contribution in [0.25, 0.3) is 0 Å². The van der Waals surface area contributed by atoms with Crippen molar-refractivity contribution in [2.45, 2.75) is 30.5 Å². The Balaban J connectivity index is 2.44. The van der Waals surface area contributed by atoms with E-state index in [-0.39, 0.29) is 0 Å². The Bertz CT molecular complexity index is 286. The van der Waals surface area contributed by atoms with E-state index in [1.165, 1.54) is 10.5 Å². The SMILES string of the molecule is CCNCc1ccc(SC(C)COC)cc1. The van der Waals surface area contributed by atoms with Crippen LogP contribution in [0.4, 0.5) is 0 Å². The lowest BCUT2D eigenvalue weighted by molar-refractivity contribution is 0.203. The summed E-state index contributed by atoms with van der Waals surface area (Å²) in [7, 11) is 1.75. The summed E-state index contributed by atoms with van der Waals surface area (Å²) >= 11 is 1.86. The van der Waals surface area contributed by atoms with E-state index in [1.807, 2.05) is 11.8 Å². The van der Waals surface area contributed by atoms with Gasteiger partial charge in [-0.2, -0.15) is 0 Å². The molecule has 3 heteroatoms. The quantitative estimate of drug-likeness (QED) is 0.739. The second kappa shape index (κ2) is 7.71. The molecular formula is C13H21NOS. The van der Waals surface area contributed by atoms with Crippen molar-refractivity contribution in [1.29, 1.82) is 0 Å². The molecule has 0 aliphatic rings. The van der Waals surface area contributed by atoms with Gasteiger partial charge in [0, 0.05) is 23.8 Å². The molecule has 0 saturated carbocycles. The zero-order valence-corrected chi connectivity index (χ0v) is 11.1. The minimum atomic E-state index is 0.504. The second-order valence-corrected chi connectivity index (χ2v) is 5.32. The highest BCUT2D eigenvalue weighted by Crippen LogP contribution is 2.23. The van der Waals surface area contributed by atoms with Crippen LogP contribution in [0.5, 0.6) is 0 Å². The van der Waals surface area contributed by atoms with E-state index >= 15 is 0 Å². The molecule has 0 aliphatic heterocycles. The first kappa shape index (κ1) is 13.6. The summed E-state index contributed by atoms with van der Waals surface area (Å²) in [6.45, 7) is 7.07. The van der Waals surface area contributed by atoms with Gasteiger partial charge in [-0.3, -0.25) is 0 Å². The van der Waals surface area contributed by atoms with Gasteiger partial charge in [0.25, 0.3) is 0 Å². The lowest BCUT2D eigenvalue weighted by Gasteiger charge is -2.10. The average Bonchev–Trinajstić information content (AvgIpc) is 2.28. The molecule has 1 aromatic carbocycles. The molecule has 16 heavy (non-hydrogen) atoms. The van der Waals surface area contributed by atoms with Crippen molar-refractivity contribution in [1.82, 2.24) is 5.32 Å². The summed E-state index contributed by atoms with van der Waals surface area (Å²) in [6.07, 6.45) is 0. The first-order chi connectivity index (χ1) is 7.76. The number of benzene rings is 1. The van der Waals surface area contributed by atoms with Crippen molar-refractivity contribution in [2.24, 2.45) is 0 Å². The maximum Gasteiger partial charge on any atom is 0.0582 e. The molecule has 0 spiro atoms. The van der Waals surface area contributed by atoms with Crippen LogP contribution in [0.1, 0.15) is 19.4 Å². The summed E-state index contributed by atoms with van der Waals surface area (Å²) in [5, 5.41) is 3.82. The van der Waals surface area contributed by atoms with Crippen molar-refractivity contribution >= 4 is 11.8 Å². The third kappa shape index (κ3) is 5.01. The maximum absolute atomic E-state index is 5.12. The molecule has 0 aliphatic carbocycles. The van der Waals surface area contributed by atoms with Gasteiger partial charge in [-0.05, 0) is 24.2 Å². The van der Waals surface area contributed by atoms with E-state index in [4.69, 9.17) is 4.74 Å². The van der Waals surface area contributed by atoms with Gasteiger partial charge in [0.05, 0.1) is 6.61 Å². The molecule has 0 bridgehead atoms. The predicted molar refractivity (Wildman–Crippen MR) is 71.0 cm³/mol. The fourth-order valence-corrected chi connectivity index (χ4v) is 2.42. The molecule has 1 N–H and O–H groups in total. The molecule has 0 fully saturated rings. The van der Waals surface area contributed by atoms with Gasteiger partial charge < -0.3 is 10.1 Å².